The third-order valence-electron chi connectivity index (χ3n) is 3.94. The number of nitrogens with one attached hydrogen (secondary N) is 1. The van der Waals surface area contributed by atoms with E-state index in [1.807, 2.05) is 65.3 Å². The number of imidazole rings is 1. The van der Waals surface area contributed by atoms with Crippen LogP contribution in [0.2, 0.25) is 5.02 Å². The van der Waals surface area contributed by atoms with E-state index in [9.17, 15) is 4.79 Å². The summed E-state index contributed by atoms with van der Waals surface area (Å²) in [5, 5.41) is 3.38. The normalized spacial score (nSPS) is 10.7. The number of nitrogens with zero attached hydrogens (tertiary/aromatic N) is 2. The van der Waals surface area contributed by atoms with Crippen LogP contribution in [0.1, 0.15) is 5.69 Å². The first kappa shape index (κ1) is 17.1. The lowest BCUT2D eigenvalue weighted by Gasteiger charge is -2.12. The summed E-state index contributed by atoms with van der Waals surface area (Å²) in [6, 6.07) is 20.2. The molecule has 1 amide bonds. The van der Waals surface area contributed by atoms with Crippen LogP contribution in [0.25, 0.3) is 5.65 Å². The van der Waals surface area contributed by atoms with E-state index >= 15 is 0 Å². The van der Waals surface area contributed by atoms with E-state index in [4.69, 9.17) is 16.3 Å². The molecule has 6 heteroatoms. The Labute approximate surface area is 161 Å². The minimum Gasteiger partial charge on any atom is -0.455 e. The number of fused-ring (bicyclic) bond motifs is 1. The summed E-state index contributed by atoms with van der Waals surface area (Å²) in [5.41, 5.74) is 2.00. The predicted molar refractivity (Wildman–Crippen MR) is 105 cm³/mol. The average molecular weight is 378 g/mol. The highest BCUT2D eigenvalue weighted by Gasteiger charge is 2.12. The second kappa shape index (κ2) is 7.51. The number of hydrogen-bond donors (Lipinski definition) is 1. The molecule has 0 aliphatic rings. The van der Waals surface area contributed by atoms with Crippen molar-refractivity contribution in [2.24, 2.45) is 0 Å². The fourth-order valence-corrected chi connectivity index (χ4v) is 2.91. The van der Waals surface area contributed by atoms with Gasteiger partial charge in [0.15, 0.2) is 5.75 Å². The molecule has 2 heterocycles. The van der Waals surface area contributed by atoms with Gasteiger partial charge >= 0.3 is 0 Å². The number of pyridine rings is 1. The largest absolute Gasteiger partial charge is 0.455 e. The topological polar surface area (TPSA) is 55.6 Å². The summed E-state index contributed by atoms with van der Waals surface area (Å²) in [4.78, 5) is 17.0. The van der Waals surface area contributed by atoms with Crippen LogP contribution in [-0.2, 0) is 11.2 Å². The van der Waals surface area contributed by atoms with Crippen LogP contribution in [0.3, 0.4) is 0 Å². The van der Waals surface area contributed by atoms with Gasteiger partial charge in [-0.1, -0.05) is 35.9 Å². The van der Waals surface area contributed by atoms with Gasteiger partial charge in [-0.25, -0.2) is 4.98 Å². The van der Waals surface area contributed by atoms with E-state index < -0.39 is 0 Å². The zero-order chi connectivity index (χ0) is 18.6. The molecule has 134 valence electrons. The first-order valence-corrected chi connectivity index (χ1v) is 8.80. The Bertz CT molecular complexity index is 1060. The Morgan fingerprint density at radius 2 is 1.89 bits per heavy atom. The van der Waals surface area contributed by atoms with Crippen molar-refractivity contribution in [1.82, 2.24) is 9.38 Å². The van der Waals surface area contributed by atoms with Gasteiger partial charge < -0.3 is 14.5 Å². The second-order valence-electron chi connectivity index (χ2n) is 5.98. The molecular weight excluding hydrogens is 362 g/mol. The van der Waals surface area contributed by atoms with Gasteiger partial charge in [0.2, 0.25) is 5.91 Å². The van der Waals surface area contributed by atoms with E-state index in [-0.39, 0.29) is 12.3 Å². The third kappa shape index (κ3) is 4.10. The van der Waals surface area contributed by atoms with E-state index in [0.29, 0.717) is 27.9 Å². The highest BCUT2D eigenvalue weighted by atomic mass is 35.5. The molecule has 0 aliphatic carbocycles. The molecule has 0 atom stereocenters. The number of aromatic nitrogens is 2. The fourth-order valence-electron chi connectivity index (χ4n) is 2.74. The van der Waals surface area contributed by atoms with E-state index in [1.165, 1.54) is 0 Å². The zero-order valence-electron chi connectivity index (χ0n) is 14.3. The van der Waals surface area contributed by atoms with Crippen molar-refractivity contribution >= 4 is 28.8 Å². The number of anilines is 1. The van der Waals surface area contributed by atoms with Gasteiger partial charge in [0.05, 0.1) is 17.8 Å². The van der Waals surface area contributed by atoms with E-state index in [0.717, 1.165) is 5.65 Å². The molecule has 27 heavy (non-hydrogen) atoms. The Morgan fingerprint density at radius 1 is 1.07 bits per heavy atom. The molecule has 2 aromatic carbocycles. The molecule has 4 rings (SSSR count). The maximum atomic E-state index is 12.5. The molecule has 0 radical (unpaired) electrons. The van der Waals surface area contributed by atoms with Crippen LogP contribution in [0, 0.1) is 0 Å². The van der Waals surface area contributed by atoms with Gasteiger partial charge in [-0.3, -0.25) is 4.79 Å². The molecule has 0 saturated heterocycles. The van der Waals surface area contributed by atoms with E-state index in [2.05, 4.69) is 10.3 Å². The minimum atomic E-state index is -0.196. The predicted octanol–water partition coefficient (Wildman–Crippen LogP) is 4.96. The van der Waals surface area contributed by atoms with Crippen LogP contribution in [0.15, 0.2) is 79.1 Å². The van der Waals surface area contributed by atoms with Gasteiger partial charge in [0, 0.05) is 17.4 Å². The first-order valence-electron chi connectivity index (χ1n) is 8.42. The molecule has 0 bridgehead atoms. The van der Waals surface area contributed by atoms with Gasteiger partial charge in [-0.2, -0.15) is 0 Å². The summed E-state index contributed by atoms with van der Waals surface area (Å²) >= 11 is 6.09. The molecule has 0 unspecified atom stereocenters. The minimum absolute atomic E-state index is 0.152. The lowest BCUT2D eigenvalue weighted by Crippen LogP contribution is -2.15. The standard InChI is InChI=1S/C21H16ClN3O2/c22-15-9-10-19(27-17-6-2-1-3-7-17)18(12-15)24-21(26)13-16-14-25-11-5-4-8-20(25)23-16/h1-12,14H,13H2,(H,24,26). The molecular formula is C21H16ClN3O2. The van der Waals surface area contributed by atoms with Crippen molar-refractivity contribution in [2.75, 3.05) is 5.32 Å². The summed E-state index contributed by atoms with van der Waals surface area (Å²) < 4.78 is 7.75. The zero-order valence-corrected chi connectivity index (χ0v) is 15.1. The van der Waals surface area contributed by atoms with Crippen molar-refractivity contribution in [1.29, 1.82) is 0 Å². The third-order valence-corrected chi connectivity index (χ3v) is 4.18. The van der Waals surface area contributed by atoms with Gasteiger partial charge in [-0.15, -0.1) is 0 Å². The summed E-state index contributed by atoms with van der Waals surface area (Å²) in [6.45, 7) is 0. The maximum Gasteiger partial charge on any atom is 0.230 e. The van der Waals surface area contributed by atoms with Crippen LogP contribution in [0.4, 0.5) is 5.69 Å². The lowest BCUT2D eigenvalue weighted by molar-refractivity contribution is -0.115. The van der Waals surface area contributed by atoms with Crippen molar-refractivity contribution in [2.45, 2.75) is 6.42 Å². The molecule has 4 aromatic rings. The smallest absolute Gasteiger partial charge is 0.230 e. The molecule has 0 fully saturated rings. The fraction of sp³-hybridized carbons (Fsp3) is 0.0476. The lowest BCUT2D eigenvalue weighted by atomic mass is 10.2. The monoisotopic (exact) mass is 377 g/mol. The number of carbonyl (C=O) groups excluding carboxylic acids is 1. The number of para-hydroxylation sites is 1. The van der Waals surface area contributed by atoms with E-state index in [1.54, 1.807) is 18.2 Å². The Kier molecular flexibility index (Phi) is 4.77. The van der Waals surface area contributed by atoms with Crippen molar-refractivity contribution in [3.63, 3.8) is 0 Å². The van der Waals surface area contributed by atoms with Crippen LogP contribution in [0.5, 0.6) is 11.5 Å². The molecule has 0 saturated carbocycles. The van der Waals surface area contributed by atoms with Gasteiger partial charge in [-0.05, 0) is 42.5 Å². The average Bonchev–Trinajstić information content (AvgIpc) is 3.07. The molecule has 0 aliphatic heterocycles. The van der Waals surface area contributed by atoms with Crippen LogP contribution >= 0.6 is 11.6 Å². The number of halogens is 1. The number of amides is 1. The Morgan fingerprint density at radius 3 is 2.70 bits per heavy atom. The summed E-state index contributed by atoms with van der Waals surface area (Å²) in [6.07, 6.45) is 3.89. The number of carbonyl (C=O) groups is 1. The number of hydrogen-bond acceptors (Lipinski definition) is 3. The Balaban J connectivity index is 1.52. The quantitative estimate of drug-likeness (QED) is 0.534. The highest BCUT2D eigenvalue weighted by Crippen LogP contribution is 2.32. The summed E-state index contributed by atoms with van der Waals surface area (Å²) in [7, 11) is 0. The molecule has 0 spiro atoms. The number of benzene rings is 2. The van der Waals surface area contributed by atoms with Crippen molar-refractivity contribution < 1.29 is 9.53 Å². The Hall–Kier alpha value is -3.31. The number of rotatable bonds is 5. The first-order chi connectivity index (χ1) is 13.2. The van der Waals surface area contributed by atoms with Crippen LogP contribution in [-0.4, -0.2) is 15.3 Å². The molecule has 1 N–H and O–H groups in total. The summed E-state index contributed by atoms with van der Waals surface area (Å²) in [5.74, 6) is 1.00. The van der Waals surface area contributed by atoms with Gasteiger partial charge in [0.25, 0.3) is 0 Å². The van der Waals surface area contributed by atoms with Crippen molar-refractivity contribution in [3.05, 3.63) is 89.8 Å². The highest BCUT2D eigenvalue weighted by molar-refractivity contribution is 6.31. The van der Waals surface area contributed by atoms with Gasteiger partial charge in [0.1, 0.15) is 11.4 Å². The second-order valence-corrected chi connectivity index (χ2v) is 6.42. The molecule has 2 aromatic heterocycles. The maximum absolute atomic E-state index is 12.5. The molecule has 5 nitrogen and oxygen atoms in total. The van der Waals surface area contributed by atoms with Crippen LogP contribution < -0.4 is 10.1 Å². The van der Waals surface area contributed by atoms with Crippen molar-refractivity contribution in [3.8, 4) is 11.5 Å². The SMILES string of the molecule is O=C(Cc1cn2ccccc2n1)Nc1cc(Cl)ccc1Oc1ccccc1. The number of ether oxygens (including phenoxy) is 1.